The summed E-state index contributed by atoms with van der Waals surface area (Å²) in [6.07, 6.45) is 6.19. The van der Waals surface area contributed by atoms with E-state index in [2.05, 4.69) is 15.1 Å². The van der Waals surface area contributed by atoms with Crippen LogP contribution in [0.4, 0.5) is 14.6 Å². The summed E-state index contributed by atoms with van der Waals surface area (Å²) in [6, 6.07) is 6.54. The predicted molar refractivity (Wildman–Crippen MR) is 172 cm³/mol. The maximum atomic E-state index is 17.1. The lowest BCUT2D eigenvalue weighted by molar-refractivity contribution is 0.0644. The van der Waals surface area contributed by atoms with Gasteiger partial charge in [-0.05, 0) is 86.0 Å². The minimum atomic E-state index is -0.711. The standard InChI is InChI=1S/C35H38F2N6O4/c1-2-22-24(36)6-4-18-12-21(45)13-23(27(18)22)30-29(37)31-28-32(42-14-19-5-7-25(38-19)26(42)16-46-33(28)39-30)41-34(40-31)47-17-35-9-3-11-43(35)20(15-44)8-10-35/h4,6,12-13,19-20,25-26,38,44-45H,2-3,5,7-11,14-17H2,1H3/t19-,20-,25+,26+,35-/m0/s1. The van der Waals surface area contributed by atoms with Crippen LogP contribution in [0.15, 0.2) is 24.3 Å². The average Bonchev–Trinajstić information content (AvgIpc) is 3.74. The largest absolute Gasteiger partial charge is 0.508 e. The van der Waals surface area contributed by atoms with Crippen LogP contribution >= 0.6 is 0 Å². The van der Waals surface area contributed by atoms with Crippen molar-refractivity contribution in [1.29, 1.82) is 0 Å². The van der Waals surface area contributed by atoms with Crippen LogP contribution in [0.1, 0.15) is 51.0 Å². The van der Waals surface area contributed by atoms with E-state index in [4.69, 9.17) is 24.4 Å². The first kappa shape index (κ1) is 29.3. The topological polar surface area (TPSA) is 116 Å². The molecule has 0 radical (unpaired) electrons. The SMILES string of the molecule is CCc1c(F)ccc2cc(O)cc(-c3nc4c5c(nc(OC[C@@]67CCCN6[C@H](CO)CC7)nc5c3F)N3C[C@@H]5CC[C@@H](N5)[C@H]3CO4)c12. The van der Waals surface area contributed by atoms with Gasteiger partial charge in [-0.1, -0.05) is 13.0 Å². The molecule has 4 aromatic rings. The fourth-order valence-electron chi connectivity index (χ4n) is 9.20. The van der Waals surface area contributed by atoms with Crippen LogP contribution in [0.5, 0.6) is 17.6 Å². The normalized spacial score (nSPS) is 28.0. The average molecular weight is 645 g/mol. The lowest BCUT2D eigenvalue weighted by atomic mass is 9.94. The van der Waals surface area contributed by atoms with Crippen molar-refractivity contribution >= 4 is 27.5 Å². The van der Waals surface area contributed by atoms with Gasteiger partial charge in [0.2, 0.25) is 5.88 Å². The first-order valence-corrected chi connectivity index (χ1v) is 16.9. The first-order chi connectivity index (χ1) is 22.9. The lowest BCUT2D eigenvalue weighted by Gasteiger charge is -2.40. The fraction of sp³-hybridized carbons (Fsp3) is 0.514. The number of rotatable bonds is 6. The smallest absolute Gasteiger partial charge is 0.319 e. The number of nitrogens with zero attached hydrogens (tertiary/aromatic N) is 5. The van der Waals surface area contributed by atoms with Crippen molar-refractivity contribution in [3.8, 4) is 28.9 Å². The summed E-state index contributed by atoms with van der Waals surface area (Å²) in [5, 5.41) is 25.8. The third-order valence-electron chi connectivity index (χ3n) is 11.4. The summed E-state index contributed by atoms with van der Waals surface area (Å²) in [5.41, 5.74) is 0.403. The molecular formula is C35H38F2N6O4. The van der Waals surface area contributed by atoms with Gasteiger partial charge < -0.3 is 29.9 Å². The number of hydrogen-bond acceptors (Lipinski definition) is 10. The second kappa shape index (κ2) is 10.8. The lowest BCUT2D eigenvalue weighted by Crippen LogP contribution is -2.60. The molecule has 12 heteroatoms. The molecule has 5 atom stereocenters. The Hall–Kier alpha value is -3.87. The number of aliphatic hydroxyl groups excluding tert-OH is 1. The molecule has 0 amide bonds. The number of piperazine rings is 1. The van der Waals surface area contributed by atoms with Gasteiger partial charge >= 0.3 is 6.01 Å². The number of halogens is 2. The van der Waals surface area contributed by atoms with Gasteiger partial charge in [-0.25, -0.2) is 13.8 Å². The van der Waals surface area contributed by atoms with Crippen molar-refractivity contribution in [1.82, 2.24) is 25.2 Å². The van der Waals surface area contributed by atoms with Crippen molar-refractivity contribution < 1.29 is 28.5 Å². The molecule has 0 spiro atoms. The van der Waals surface area contributed by atoms with Crippen LogP contribution in [0.3, 0.4) is 0 Å². The first-order valence-electron chi connectivity index (χ1n) is 16.9. The zero-order valence-electron chi connectivity index (χ0n) is 26.3. The van der Waals surface area contributed by atoms with E-state index >= 15 is 8.78 Å². The number of anilines is 1. The molecule has 7 heterocycles. The Morgan fingerprint density at radius 1 is 1.11 bits per heavy atom. The Morgan fingerprint density at radius 3 is 2.85 bits per heavy atom. The van der Waals surface area contributed by atoms with E-state index in [-0.39, 0.29) is 70.7 Å². The second-order valence-electron chi connectivity index (χ2n) is 13.9. The molecule has 4 fully saturated rings. The third kappa shape index (κ3) is 4.40. The number of ether oxygens (including phenoxy) is 2. The van der Waals surface area contributed by atoms with Crippen molar-refractivity contribution in [2.45, 2.75) is 81.6 Å². The molecule has 9 rings (SSSR count). The summed E-state index contributed by atoms with van der Waals surface area (Å²) in [5.74, 6) is -0.453. The van der Waals surface area contributed by atoms with E-state index in [9.17, 15) is 10.2 Å². The quantitative estimate of drug-likeness (QED) is 0.278. The number of aliphatic hydroxyl groups is 1. The fourth-order valence-corrected chi connectivity index (χ4v) is 9.20. The van der Waals surface area contributed by atoms with Crippen molar-refractivity contribution in [2.75, 3.05) is 37.8 Å². The number of hydrogen-bond donors (Lipinski definition) is 3. The maximum Gasteiger partial charge on any atom is 0.319 e. The molecule has 5 aliphatic heterocycles. The number of pyridine rings is 1. The van der Waals surface area contributed by atoms with Crippen molar-refractivity contribution in [3.05, 3.63) is 41.5 Å². The monoisotopic (exact) mass is 644 g/mol. The van der Waals surface area contributed by atoms with Crippen LogP contribution in [0.2, 0.25) is 0 Å². The van der Waals surface area contributed by atoms with E-state index in [1.807, 2.05) is 6.92 Å². The number of phenolic OH excluding ortho intramolecular Hbond substituents is 1. The van der Waals surface area contributed by atoms with Crippen LogP contribution in [-0.2, 0) is 6.42 Å². The van der Waals surface area contributed by atoms with Crippen molar-refractivity contribution in [2.24, 2.45) is 0 Å². The summed E-state index contributed by atoms with van der Waals surface area (Å²) >= 11 is 0. The maximum absolute atomic E-state index is 17.1. The third-order valence-corrected chi connectivity index (χ3v) is 11.4. The number of aryl methyl sites for hydroxylation is 1. The van der Waals surface area contributed by atoms with E-state index in [0.717, 1.165) is 45.1 Å². The number of phenols is 1. The van der Waals surface area contributed by atoms with E-state index in [1.54, 1.807) is 12.1 Å². The highest BCUT2D eigenvalue weighted by molar-refractivity contribution is 6.03. The number of aromatic nitrogens is 3. The Kier molecular flexibility index (Phi) is 6.75. The molecule has 3 N–H and O–H groups in total. The molecule has 5 aliphatic rings. The number of benzene rings is 2. The van der Waals surface area contributed by atoms with Crippen LogP contribution in [0.25, 0.3) is 32.9 Å². The summed E-state index contributed by atoms with van der Waals surface area (Å²) in [4.78, 5) is 19.0. The van der Waals surface area contributed by atoms with Crippen LogP contribution in [-0.4, -0.2) is 92.7 Å². The summed E-state index contributed by atoms with van der Waals surface area (Å²) < 4.78 is 45.1. The highest BCUT2D eigenvalue weighted by Gasteiger charge is 2.50. The summed E-state index contributed by atoms with van der Waals surface area (Å²) in [6.45, 7) is 4.21. The van der Waals surface area contributed by atoms with E-state index in [0.29, 0.717) is 53.7 Å². The summed E-state index contributed by atoms with van der Waals surface area (Å²) in [7, 11) is 0. The van der Waals surface area contributed by atoms with Gasteiger partial charge in [-0.15, -0.1) is 0 Å². The molecule has 10 nitrogen and oxygen atoms in total. The Labute approximate surface area is 270 Å². The molecule has 47 heavy (non-hydrogen) atoms. The Balaban J connectivity index is 1.23. The Bertz CT molecular complexity index is 1930. The second-order valence-corrected chi connectivity index (χ2v) is 13.9. The molecule has 0 aliphatic carbocycles. The number of aromatic hydroxyl groups is 1. The molecular weight excluding hydrogens is 606 g/mol. The van der Waals surface area contributed by atoms with Crippen LogP contribution in [0, 0.1) is 11.6 Å². The molecule has 2 bridgehead atoms. The van der Waals surface area contributed by atoms with Crippen molar-refractivity contribution in [3.63, 3.8) is 0 Å². The number of nitrogens with one attached hydrogen (secondary N) is 1. The highest BCUT2D eigenvalue weighted by Crippen LogP contribution is 2.46. The van der Waals surface area contributed by atoms with Gasteiger partial charge in [0.25, 0.3) is 0 Å². The van der Waals surface area contributed by atoms with Gasteiger partial charge in [0, 0.05) is 30.2 Å². The molecule has 246 valence electrons. The number of fused-ring (bicyclic) bond motifs is 7. The van der Waals surface area contributed by atoms with Gasteiger partial charge in [0.05, 0.1) is 18.2 Å². The van der Waals surface area contributed by atoms with Gasteiger partial charge in [0.1, 0.15) is 47.2 Å². The van der Waals surface area contributed by atoms with Gasteiger partial charge in [-0.2, -0.15) is 9.97 Å². The molecule has 2 aromatic carbocycles. The molecule has 0 saturated carbocycles. The zero-order valence-corrected chi connectivity index (χ0v) is 26.3. The van der Waals surface area contributed by atoms with Gasteiger partial charge in [0.15, 0.2) is 5.82 Å². The predicted octanol–water partition coefficient (Wildman–Crippen LogP) is 4.46. The van der Waals surface area contributed by atoms with Crippen LogP contribution < -0.4 is 19.7 Å². The van der Waals surface area contributed by atoms with Gasteiger partial charge in [-0.3, -0.25) is 4.90 Å². The highest BCUT2D eigenvalue weighted by atomic mass is 19.1. The molecule has 2 aromatic heterocycles. The molecule has 4 saturated heterocycles. The Morgan fingerprint density at radius 2 is 2.00 bits per heavy atom. The molecule has 0 unspecified atom stereocenters. The minimum Gasteiger partial charge on any atom is -0.508 e. The van der Waals surface area contributed by atoms with E-state index in [1.165, 1.54) is 12.1 Å². The zero-order chi connectivity index (χ0) is 32.0. The van der Waals surface area contributed by atoms with E-state index < -0.39 is 11.6 Å². The minimum absolute atomic E-state index is 0.0166.